The first-order chi connectivity index (χ1) is 5.88. The average Bonchev–Trinajstić information content (AvgIpc) is 2.15. The minimum absolute atomic E-state index is 0.694. The van der Waals surface area contributed by atoms with Crippen LogP contribution in [0.15, 0.2) is 24.3 Å². The molecule has 12 heavy (non-hydrogen) atoms. The maximum atomic E-state index is 10.5. The molecule has 1 aromatic rings. The molecule has 0 heterocycles. The molecule has 0 aromatic heterocycles. The highest BCUT2D eigenvalue weighted by atomic mass is 32.1. The normalized spacial score (nSPS) is 9.42. The number of carbonyl (C=O) groups excluding carboxylic acids is 1. The predicted molar refractivity (Wildman–Crippen MR) is 54.2 cm³/mol. The summed E-state index contributed by atoms with van der Waals surface area (Å²) >= 11 is 4.06. The Morgan fingerprint density at radius 2 is 2.17 bits per heavy atom. The maximum absolute atomic E-state index is 10.5. The number of para-hydroxylation sites is 1. The quantitative estimate of drug-likeness (QED) is 0.548. The van der Waals surface area contributed by atoms with E-state index in [1.165, 1.54) is 0 Å². The van der Waals surface area contributed by atoms with Gasteiger partial charge in [-0.2, -0.15) is 12.6 Å². The van der Waals surface area contributed by atoms with Gasteiger partial charge in [-0.25, -0.2) is 0 Å². The standard InChI is InChI=1S/C9H11NOS/c11-7-8-3-1-2-4-9(8)10-5-6-12/h1-4,7,10,12H,5-6H2. The highest BCUT2D eigenvalue weighted by Gasteiger charge is 1.96. The van der Waals surface area contributed by atoms with Crippen LogP contribution in [0.5, 0.6) is 0 Å². The fourth-order valence-corrected chi connectivity index (χ4v) is 1.06. The lowest BCUT2D eigenvalue weighted by Gasteiger charge is -2.05. The van der Waals surface area contributed by atoms with E-state index < -0.39 is 0 Å². The third-order valence-electron chi connectivity index (χ3n) is 1.52. The molecule has 3 heteroatoms. The Labute approximate surface area is 77.4 Å². The largest absolute Gasteiger partial charge is 0.384 e. The molecule has 0 aliphatic rings. The molecule has 0 aliphatic carbocycles. The number of aldehydes is 1. The molecule has 0 saturated heterocycles. The minimum atomic E-state index is 0.694. The van der Waals surface area contributed by atoms with E-state index in [1.54, 1.807) is 6.07 Å². The van der Waals surface area contributed by atoms with E-state index in [-0.39, 0.29) is 0 Å². The second kappa shape index (κ2) is 4.83. The summed E-state index contributed by atoms with van der Waals surface area (Å²) in [5, 5.41) is 3.11. The van der Waals surface area contributed by atoms with Gasteiger partial charge in [-0.05, 0) is 12.1 Å². The number of nitrogens with one attached hydrogen (secondary N) is 1. The number of rotatable bonds is 4. The van der Waals surface area contributed by atoms with Gasteiger partial charge in [0.05, 0.1) is 0 Å². The van der Waals surface area contributed by atoms with Crippen LogP contribution >= 0.6 is 12.6 Å². The Morgan fingerprint density at radius 3 is 2.83 bits per heavy atom. The Morgan fingerprint density at radius 1 is 1.42 bits per heavy atom. The van der Waals surface area contributed by atoms with Gasteiger partial charge in [0, 0.05) is 23.5 Å². The van der Waals surface area contributed by atoms with E-state index in [0.29, 0.717) is 5.56 Å². The molecular formula is C9H11NOS. The van der Waals surface area contributed by atoms with Crippen LogP contribution in [0.1, 0.15) is 10.4 Å². The van der Waals surface area contributed by atoms with Crippen molar-refractivity contribution in [2.24, 2.45) is 0 Å². The number of benzene rings is 1. The lowest BCUT2D eigenvalue weighted by molar-refractivity contribution is 0.112. The molecule has 0 radical (unpaired) electrons. The van der Waals surface area contributed by atoms with E-state index >= 15 is 0 Å². The van der Waals surface area contributed by atoms with Crippen molar-refractivity contribution >= 4 is 24.6 Å². The molecule has 0 spiro atoms. The van der Waals surface area contributed by atoms with E-state index in [0.717, 1.165) is 24.3 Å². The summed E-state index contributed by atoms with van der Waals surface area (Å²) in [4.78, 5) is 10.5. The van der Waals surface area contributed by atoms with Gasteiger partial charge in [-0.3, -0.25) is 4.79 Å². The van der Waals surface area contributed by atoms with Crippen molar-refractivity contribution in [1.82, 2.24) is 0 Å². The van der Waals surface area contributed by atoms with E-state index in [4.69, 9.17) is 0 Å². The van der Waals surface area contributed by atoms with Gasteiger partial charge in [0.2, 0.25) is 0 Å². The van der Waals surface area contributed by atoms with Gasteiger partial charge < -0.3 is 5.32 Å². The average molecular weight is 181 g/mol. The van der Waals surface area contributed by atoms with Crippen LogP contribution < -0.4 is 5.32 Å². The van der Waals surface area contributed by atoms with Gasteiger partial charge in [0.1, 0.15) is 0 Å². The summed E-state index contributed by atoms with van der Waals surface area (Å²) in [5.74, 6) is 0.757. The minimum Gasteiger partial charge on any atom is -0.384 e. The number of hydrogen-bond acceptors (Lipinski definition) is 3. The first-order valence-electron chi connectivity index (χ1n) is 3.77. The molecule has 0 fully saturated rings. The summed E-state index contributed by atoms with van der Waals surface area (Å²) in [5.41, 5.74) is 1.57. The highest BCUT2D eigenvalue weighted by molar-refractivity contribution is 7.80. The molecule has 0 aliphatic heterocycles. The molecule has 0 saturated carbocycles. The van der Waals surface area contributed by atoms with Crippen molar-refractivity contribution < 1.29 is 4.79 Å². The molecule has 2 nitrogen and oxygen atoms in total. The number of anilines is 1. The molecule has 1 N–H and O–H groups in total. The van der Waals surface area contributed by atoms with Crippen LogP contribution in [-0.4, -0.2) is 18.6 Å². The fourth-order valence-electron chi connectivity index (χ4n) is 0.951. The second-order valence-electron chi connectivity index (χ2n) is 2.36. The van der Waals surface area contributed by atoms with Crippen molar-refractivity contribution in [2.45, 2.75) is 0 Å². The van der Waals surface area contributed by atoms with Gasteiger partial charge in [-0.1, -0.05) is 12.1 Å². The summed E-state index contributed by atoms with van der Waals surface area (Å²) in [6.07, 6.45) is 0.848. The predicted octanol–water partition coefficient (Wildman–Crippen LogP) is 1.84. The zero-order valence-corrected chi connectivity index (χ0v) is 7.55. The third kappa shape index (κ3) is 2.27. The van der Waals surface area contributed by atoms with Crippen molar-refractivity contribution in [3.63, 3.8) is 0 Å². The highest BCUT2D eigenvalue weighted by Crippen LogP contribution is 2.11. The van der Waals surface area contributed by atoms with Gasteiger partial charge in [-0.15, -0.1) is 0 Å². The Kier molecular flexibility index (Phi) is 3.67. The van der Waals surface area contributed by atoms with Crippen molar-refractivity contribution in [2.75, 3.05) is 17.6 Å². The Balaban J connectivity index is 2.75. The summed E-state index contributed by atoms with van der Waals surface area (Å²) in [7, 11) is 0. The maximum Gasteiger partial charge on any atom is 0.152 e. The zero-order chi connectivity index (χ0) is 8.81. The smallest absolute Gasteiger partial charge is 0.152 e. The van der Waals surface area contributed by atoms with Crippen molar-refractivity contribution in [3.05, 3.63) is 29.8 Å². The molecule has 0 atom stereocenters. The monoisotopic (exact) mass is 181 g/mol. The second-order valence-corrected chi connectivity index (χ2v) is 2.80. The van der Waals surface area contributed by atoms with Crippen LogP contribution in [0.4, 0.5) is 5.69 Å². The summed E-state index contributed by atoms with van der Waals surface area (Å²) in [6, 6.07) is 7.41. The summed E-state index contributed by atoms with van der Waals surface area (Å²) < 4.78 is 0. The van der Waals surface area contributed by atoms with Crippen LogP contribution in [0.3, 0.4) is 0 Å². The zero-order valence-electron chi connectivity index (χ0n) is 6.66. The molecule has 0 unspecified atom stereocenters. The first kappa shape index (κ1) is 9.13. The molecule has 0 bridgehead atoms. The SMILES string of the molecule is O=Cc1ccccc1NCCS. The molecule has 1 aromatic carbocycles. The van der Waals surface area contributed by atoms with Crippen LogP contribution in [-0.2, 0) is 0 Å². The van der Waals surface area contributed by atoms with Crippen molar-refractivity contribution in [3.8, 4) is 0 Å². The summed E-state index contributed by atoms with van der Waals surface area (Å²) in [6.45, 7) is 0.772. The van der Waals surface area contributed by atoms with Crippen molar-refractivity contribution in [1.29, 1.82) is 0 Å². The molecular weight excluding hydrogens is 170 g/mol. The van der Waals surface area contributed by atoms with Crippen LogP contribution in [0.25, 0.3) is 0 Å². The Hall–Kier alpha value is -0.960. The molecule has 1 rings (SSSR count). The lowest BCUT2D eigenvalue weighted by Crippen LogP contribution is -2.04. The molecule has 64 valence electrons. The van der Waals surface area contributed by atoms with Crippen LogP contribution in [0.2, 0.25) is 0 Å². The Bertz CT molecular complexity index is 262. The van der Waals surface area contributed by atoms with E-state index in [2.05, 4.69) is 17.9 Å². The van der Waals surface area contributed by atoms with Gasteiger partial charge >= 0.3 is 0 Å². The first-order valence-corrected chi connectivity index (χ1v) is 4.40. The third-order valence-corrected chi connectivity index (χ3v) is 1.74. The number of thiol groups is 1. The fraction of sp³-hybridized carbons (Fsp3) is 0.222. The topological polar surface area (TPSA) is 29.1 Å². The van der Waals surface area contributed by atoms with Gasteiger partial charge in [0.25, 0.3) is 0 Å². The lowest BCUT2D eigenvalue weighted by atomic mass is 10.2. The van der Waals surface area contributed by atoms with E-state index in [9.17, 15) is 4.79 Å². The van der Waals surface area contributed by atoms with Crippen LogP contribution in [0, 0.1) is 0 Å². The number of hydrogen-bond donors (Lipinski definition) is 2. The number of carbonyl (C=O) groups is 1. The molecule has 0 amide bonds. The van der Waals surface area contributed by atoms with E-state index in [1.807, 2.05) is 18.2 Å². The van der Waals surface area contributed by atoms with Gasteiger partial charge in [0.15, 0.2) is 6.29 Å².